The molecule has 0 unspecified atom stereocenters. The zero-order valence-electron chi connectivity index (χ0n) is 10.8. The predicted molar refractivity (Wildman–Crippen MR) is 74.1 cm³/mol. The van der Waals surface area contributed by atoms with Crippen molar-refractivity contribution in [1.29, 1.82) is 0 Å². The van der Waals surface area contributed by atoms with E-state index in [1.54, 1.807) is 6.07 Å². The molecule has 1 heterocycles. The molecule has 3 N–H and O–H groups in total. The number of sulfonamides is 1. The van der Waals surface area contributed by atoms with Gasteiger partial charge >= 0.3 is 0 Å². The third-order valence-corrected chi connectivity index (χ3v) is 6.66. The van der Waals surface area contributed by atoms with Crippen molar-refractivity contribution in [3.63, 3.8) is 0 Å². The van der Waals surface area contributed by atoms with Crippen LogP contribution in [0.1, 0.15) is 42.4 Å². The van der Waals surface area contributed by atoms with Gasteiger partial charge in [-0.25, -0.2) is 13.1 Å². The molecule has 0 spiro atoms. The van der Waals surface area contributed by atoms with E-state index >= 15 is 0 Å². The van der Waals surface area contributed by atoms with Gasteiger partial charge in [0.1, 0.15) is 0 Å². The Hall–Kier alpha value is -0.430. The van der Waals surface area contributed by atoms with Gasteiger partial charge in [-0.15, -0.1) is 11.3 Å². The number of nitrogens with one attached hydrogen (secondary N) is 1. The number of thiophene rings is 1. The van der Waals surface area contributed by atoms with E-state index < -0.39 is 10.0 Å². The van der Waals surface area contributed by atoms with Crippen molar-refractivity contribution >= 4 is 21.4 Å². The minimum atomic E-state index is -3.41. The van der Waals surface area contributed by atoms with Gasteiger partial charge in [0.05, 0.1) is 4.90 Å². The number of hydrogen-bond donors (Lipinski definition) is 2. The average Bonchev–Trinajstić information content (AvgIpc) is 2.66. The number of rotatable bonds is 5. The molecule has 1 aromatic heterocycles. The molecule has 1 aliphatic rings. The van der Waals surface area contributed by atoms with Crippen LogP contribution >= 0.6 is 11.3 Å². The first kappa shape index (κ1) is 14.0. The Morgan fingerprint density at radius 1 is 1.50 bits per heavy atom. The molecule has 0 radical (unpaired) electrons. The lowest BCUT2D eigenvalue weighted by Gasteiger charge is -2.41. The summed E-state index contributed by atoms with van der Waals surface area (Å²) in [5, 5.41) is 0. The summed E-state index contributed by atoms with van der Waals surface area (Å²) in [6.07, 6.45) is 3.83. The highest BCUT2D eigenvalue weighted by atomic mass is 32.2. The molecule has 1 aromatic rings. The van der Waals surface area contributed by atoms with E-state index in [0.29, 0.717) is 11.4 Å². The van der Waals surface area contributed by atoms with Gasteiger partial charge in [-0.2, -0.15) is 0 Å². The molecule has 2 rings (SSSR count). The lowest BCUT2D eigenvalue weighted by molar-refractivity contribution is 0.214. The van der Waals surface area contributed by atoms with Crippen molar-refractivity contribution in [2.75, 3.05) is 0 Å². The molecule has 4 nitrogen and oxygen atoms in total. The highest BCUT2D eigenvalue weighted by Gasteiger charge is 2.39. The second kappa shape index (κ2) is 4.92. The van der Waals surface area contributed by atoms with E-state index in [2.05, 4.69) is 4.72 Å². The third kappa shape index (κ3) is 2.47. The zero-order chi connectivity index (χ0) is 13.4. The van der Waals surface area contributed by atoms with Crippen LogP contribution in [0.3, 0.4) is 0 Å². The summed E-state index contributed by atoms with van der Waals surface area (Å²) in [4.78, 5) is 2.12. The lowest BCUT2D eigenvalue weighted by atomic mass is 9.76. The molecule has 0 amide bonds. The summed E-state index contributed by atoms with van der Waals surface area (Å²) in [5.74, 6) is 0. The molecular formula is C12H20N2O2S2. The summed E-state index contributed by atoms with van der Waals surface area (Å²) in [6, 6.07) is 1.70. The van der Waals surface area contributed by atoms with Crippen LogP contribution in [0.15, 0.2) is 11.0 Å². The number of hydrogen-bond acceptors (Lipinski definition) is 4. The summed E-state index contributed by atoms with van der Waals surface area (Å²) >= 11 is 1.46. The Morgan fingerprint density at radius 3 is 2.56 bits per heavy atom. The van der Waals surface area contributed by atoms with Crippen LogP contribution in [0.2, 0.25) is 0 Å². The van der Waals surface area contributed by atoms with Gasteiger partial charge in [-0.1, -0.05) is 6.92 Å². The molecule has 0 aliphatic heterocycles. The first-order valence-electron chi connectivity index (χ1n) is 6.26. The minimum Gasteiger partial charge on any atom is -0.326 e. The molecule has 0 aromatic carbocycles. The summed E-state index contributed by atoms with van der Waals surface area (Å²) < 4.78 is 27.7. The van der Waals surface area contributed by atoms with Gasteiger partial charge in [0.25, 0.3) is 0 Å². The summed E-state index contributed by atoms with van der Waals surface area (Å²) in [6.45, 7) is 4.26. The van der Waals surface area contributed by atoms with Crippen LogP contribution in [0, 0.1) is 6.92 Å². The fourth-order valence-corrected chi connectivity index (χ4v) is 5.41. The van der Waals surface area contributed by atoms with Crippen molar-refractivity contribution in [2.45, 2.75) is 56.5 Å². The van der Waals surface area contributed by atoms with E-state index in [0.717, 1.165) is 35.4 Å². The maximum absolute atomic E-state index is 12.4. The fraction of sp³-hybridized carbons (Fsp3) is 0.667. The summed E-state index contributed by atoms with van der Waals surface area (Å²) in [5.41, 5.74) is 5.35. The van der Waals surface area contributed by atoms with Gasteiger partial charge in [-0.3, -0.25) is 0 Å². The van der Waals surface area contributed by atoms with Gasteiger partial charge in [-0.05, 0) is 38.7 Å². The first-order valence-corrected chi connectivity index (χ1v) is 8.56. The maximum Gasteiger partial charge on any atom is 0.242 e. The maximum atomic E-state index is 12.4. The van der Waals surface area contributed by atoms with E-state index in [-0.39, 0.29) is 5.54 Å². The number of aryl methyl sites for hydroxylation is 1. The average molecular weight is 288 g/mol. The molecule has 6 heteroatoms. The molecular weight excluding hydrogens is 268 g/mol. The standard InChI is InChI=1S/C12H20N2O2S2/c1-3-12(5-4-6-12)14-18(15,16)11-7-10(8-13)17-9(11)2/h7,14H,3-6,8,13H2,1-2H3. The van der Waals surface area contributed by atoms with Crippen LogP contribution < -0.4 is 10.5 Å². The highest BCUT2D eigenvalue weighted by molar-refractivity contribution is 7.89. The minimum absolute atomic E-state index is 0.212. The molecule has 1 saturated carbocycles. The van der Waals surface area contributed by atoms with Crippen molar-refractivity contribution in [3.8, 4) is 0 Å². The van der Waals surface area contributed by atoms with Crippen LogP contribution in [0.4, 0.5) is 0 Å². The topological polar surface area (TPSA) is 72.2 Å². The molecule has 0 saturated heterocycles. The molecule has 102 valence electrons. The van der Waals surface area contributed by atoms with Crippen LogP contribution in [0.25, 0.3) is 0 Å². The Kier molecular flexibility index (Phi) is 3.82. The van der Waals surface area contributed by atoms with E-state index in [9.17, 15) is 8.42 Å². The number of nitrogens with two attached hydrogens (primary N) is 1. The van der Waals surface area contributed by atoms with Crippen molar-refractivity contribution < 1.29 is 8.42 Å². The van der Waals surface area contributed by atoms with Crippen molar-refractivity contribution in [1.82, 2.24) is 4.72 Å². The highest BCUT2D eigenvalue weighted by Crippen LogP contribution is 2.37. The zero-order valence-corrected chi connectivity index (χ0v) is 12.5. The van der Waals surface area contributed by atoms with Gasteiger partial charge in [0, 0.05) is 21.8 Å². The van der Waals surface area contributed by atoms with Crippen LogP contribution in [0.5, 0.6) is 0 Å². The normalized spacial score (nSPS) is 18.6. The van der Waals surface area contributed by atoms with Crippen molar-refractivity contribution in [3.05, 3.63) is 15.8 Å². The van der Waals surface area contributed by atoms with Gasteiger partial charge < -0.3 is 5.73 Å². The Morgan fingerprint density at radius 2 is 2.17 bits per heavy atom. The summed E-state index contributed by atoms with van der Waals surface area (Å²) in [7, 11) is -3.41. The van der Waals surface area contributed by atoms with E-state index in [1.807, 2.05) is 13.8 Å². The van der Waals surface area contributed by atoms with Crippen LogP contribution in [-0.2, 0) is 16.6 Å². The quantitative estimate of drug-likeness (QED) is 0.872. The lowest BCUT2D eigenvalue weighted by Crippen LogP contribution is -2.52. The van der Waals surface area contributed by atoms with Crippen LogP contribution in [-0.4, -0.2) is 14.0 Å². The SMILES string of the molecule is CCC1(NS(=O)(=O)c2cc(CN)sc2C)CCC1. The smallest absolute Gasteiger partial charge is 0.242 e. The predicted octanol–water partition coefficient (Wildman–Crippen LogP) is 2.13. The first-order chi connectivity index (χ1) is 8.42. The van der Waals surface area contributed by atoms with E-state index in [1.165, 1.54) is 11.3 Å². The second-order valence-electron chi connectivity index (χ2n) is 4.93. The Labute approximate surface area is 113 Å². The molecule has 1 aliphatic carbocycles. The molecule has 1 fully saturated rings. The second-order valence-corrected chi connectivity index (χ2v) is 7.92. The van der Waals surface area contributed by atoms with E-state index in [4.69, 9.17) is 5.73 Å². The fourth-order valence-electron chi connectivity index (χ4n) is 2.36. The molecule has 0 bridgehead atoms. The molecule has 18 heavy (non-hydrogen) atoms. The largest absolute Gasteiger partial charge is 0.326 e. The third-order valence-electron chi connectivity index (χ3n) is 3.75. The van der Waals surface area contributed by atoms with Gasteiger partial charge in [0.15, 0.2) is 0 Å². The Bertz CT molecular complexity index is 525. The van der Waals surface area contributed by atoms with Crippen molar-refractivity contribution in [2.24, 2.45) is 5.73 Å². The monoisotopic (exact) mass is 288 g/mol. The Balaban J connectivity index is 2.27. The molecule has 0 atom stereocenters. The van der Waals surface area contributed by atoms with Gasteiger partial charge in [0.2, 0.25) is 10.0 Å².